The number of carbonyl (C=O) groups is 1. The predicted octanol–water partition coefficient (Wildman–Crippen LogP) is 3.51. The van der Waals surface area contributed by atoms with Crippen molar-refractivity contribution in [3.8, 4) is 5.69 Å². The Morgan fingerprint density at radius 1 is 1.00 bits per heavy atom. The maximum absolute atomic E-state index is 12.8. The van der Waals surface area contributed by atoms with Crippen LogP contribution in [0.15, 0.2) is 55.1 Å². The van der Waals surface area contributed by atoms with Crippen LogP contribution in [-0.2, 0) is 0 Å². The first-order chi connectivity index (χ1) is 12.6. The van der Waals surface area contributed by atoms with Gasteiger partial charge < -0.3 is 4.90 Å². The van der Waals surface area contributed by atoms with Gasteiger partial charge in [0.25, 0.3) is 5.91 Å². The Morgan fingerprint density at radius 3 is 2.31 bits per heavy atom. The van der Waals surface area contributed by atoms with Crippen molar-refractivity contribution in [3.63, 3.8) is 0 Å². The second-order valence-corrected chi connectivity index (χ2v) is 7.07. The third-order valence-electron chi connectivity index (χ3n) is 5.02. The Hall–Kier alpha value is -2.95. The largest absolute Gasteiger partial charge is 0.338 e. The van der Waals surface area contributed by atoms with Gasteiger partial charge in [0.1, 0.15) is 12.7 Å². The number of benzene rings is 2. The first-order valence-electron chi connectivity index (χ1n) is 8.93. The molecule has 0 spiro atoms. The van der Waals surface area contributed by atoms with Gasteiger partial charge in [-0.15, -0.1) is 10.2 Å². The highest BCUT2D eigenvalue weighted by molar-refractivity contribution is 5.94. The molecule has 2 heterocycles. The van der Waals surface area contributed by atoms with Crippen molar-refractivity contribution in [1.29, 1.82) is 0 Å². The van der Waals surface area contributed by atoms with E-state index in [0.29, 0.717) is 5.92 Å². The third-order valence-corrected chi connectivity index (χ3v) is 5.02. The number of likely N-dealkylation sites (tertiary alicyclic amines) is 1. The summed E-state index contributed by atoms with van der Waals surface area (Å²) in [5.74, 6) is 0.529. The SMILES string of the molecule is Cc1cc(C)cc(C2CCN(C(=O)c3ccc(-n4cnnc4)cc3)C2)c1. The smallest absolute Gasteiger partial charge is 0.253 e. The number of aryl methyl sites for hydroxylation is 2. The van der Waals surface area contributed by atoms with E-state index in [0.717, 1.165) is 30.8 Å². The highest BCUT2D eigenvalue weighted by Gasteiger charge is 2.28. The highest BCUT2D eigenvalue weighted by Crippen LogP contribution is 2.29. The summed E-state index contributed by atoms with van der Waals surface area (Å²) in [6, 6.07) is 14.3. The lowest BCUT2D eigenvalue weighted by Crippen LogP contribution is -2.28. The zero-order valence-corrected chi connectivity index (χ0v) is 15.1. The molecule has 1 aromatic heterocycles. The fraction of sp³-hybridized carbons (Fsp3) is 0.286. The van der Waals surface area contributed by atoms with Gasteiger partial charge in [0.05, 0.1) is 0 Å². The summed E-state index contributed by atoms with van der Waals surface area (Å²) < 4.78 is 1.82. The molecule has 132 valence electrons. The maximum Gasteiger partial charge on any atom is 0.253 e. The van der Waals surface area contributed by atoms with Crippen molar-refractivity contribution in [2.45, 2.75) is 26.2 Å². The number of carbonyl (C=O) groups excluding carboxylic acids is 1. The summed E-state index contributed by atoms with van der Waals surface area (Å²) >= 11 is 0. The first kappa shape index (κ1) is 16.5. The van der Waals surface area contributed by atoms with Crippen LogP contribution in [0, 0.1) is 13.8 Å². The average molecular weight is 346 g/mol. The lowest BCUT2D eigenvalue weighted by atomic mass is 9.95. The average Bonchev–Trinajstić information content (AvgIpc) is 3.32. The molecule has 2 aromatic carbocycles. The Balaban J connectivity index is 1.47. The van der Waals surface area contributed by atoms with Gasteiger partial charge >= 0.3 is 0 Å². The van der Waals surface area contributed by atoms with Crippen LogP contribution in [0.1, 0.15) is 39.4 Å². The van der Waals surface area contributed by atoms with Gasteiger partial charge in [-0.3, -0.25) is 9.36 Å². The molecular formula is C21H22N4O. The van der Waals surface area contributed by atoms with E-state index in [4.69, 9.17) is 0 Å². The van der Waals surface area contributed by atoms with Crippen LogP contribution >= 0.6 is 0 Å². The molecule has 0 bridgehead atoms. The molecule has 5 heteroatoms. The second-order valence-electron chi connectivity index (χ2n) is 7.07. The molecule has 1 saturated heterocycles. The molecule has 0 radical (unpaired) electrons. The molecule has 3 aromatic rings. The van der Waals surface area contributed by atoms with Gasteiger partial charge in [0.15, 0.2) is 0 Å². The van der Waals surface area contributed by atoms with Crippen molar-refractivity contribution >= 4 is 5.91 Å². The summed E-state index contributed by atoms with van der Waals surface area (Å²) in [4.78, 5) is 14.8. The van der Waals surface area contributed by atoms with E-state index >= 15 is 0 Å². The number of nitrogens with zero attached hydrogens (tertiary/aromatic N) is 4. The molecule has 0 aliphatic carbocycles. The summed E-state index contributed by atoms with van der Waals surface area (Å²) in [6.07, 6.45) is 4.31. The molecule has 0 saturated carbocycles. The molecule has 1 aliphatic heterocycles. The lowest BCUT2D eigenvalue weighted by molar-refractivity contribution is 0.0791. The predicted molar refractivity (Wildman–Crippen MR) is 101 cm³/mol. The van der Waals surface area contributed by atoms with Crippen molar-refractivity contribution in [2.75, 3.05) is 13.1 Å². The van der Waals surface area contributed by atoms with E-state index in [2.05, 4.69) is 42.2 Å². The van der Waals surface area contributed by atoms with Crippen molar-refractivity contribution in [2.24, 2.45) is 0 Å². The fourth-order valence-corrected chi connectivity index (χ4v) is 3.76. The van der Waals surface area contributed by atoms with E-state index in [9.17, 15) is 4.79 Å². The molecule has 0 N–H and O–H groups in total. The monoisotopic (exact) mass is 346 g/mol. The van der Waals surface area contributed by atoms with Crippen LogP contribution in [0.25, 0.3) is 5.69 Å². The Labute approximate surface area is 153 Å². The van der Waals surface area contributed by atoms with Crippen LogP contribution in [0.5, 0.6) is 0 Å². The van der Waals surface area contributed by atoms with Crippen LogP contribution in [0.4, 0.5) is 0 Å². The topological polar surface area (TPSA) is 51.0 Å². The van der Waals surface area contributed by atoms with E-state index in [1.54, 1.807) is 12.7 Å². The number of aromatic nitrogens is 3. The molecule has 1 unspecified atom stereocenters. The normalized spacial score (nSPS) is 16.8. The molecule has 4 rings (SSSR count). The zero-order valence-electron chi connectivity index (χ0n) is 15.1. The minimum atomic E-state index is 0.104. The van der Waals surface area contributed by atoms with Gasteiger partial charge in [0, 0.05) is 30.3 Å². The molecule has 1 atom stereocenters. The third kappa shape index (κ3) is 3.25. The molecule has 1 fully saturated rings. The number of hydrogen-bond acceptors (Lipinski definition) is 3. The molecule has 1 aliphatic rings. The molecule has 5 nitrogen and oxygen atoms in total. The maximum atomic E-state index is 12.8. The Bertz CT molecular complexity index is 895. The zero-order chi connectivity index (χ0) is 18.1. The Morgan fingerprint density at radius 2 is 1.65 bits per heavy atom. The Kier molecular flexibility index (Phi) is 4.29. The minimum Gasteiger partial charge on any atom is -0.338 e. The van der Waals surface area contributed by atoms with E-state index in [-0.39, 0.29) is 5.91 Å². The molecular weight excluding hydrogens is 324 g/mol. The van der Waals surface area contributed by atoms with E-state index < -0.39 is 0 Å². The second kappa shape index (κ2) is 6.75. The van der Waals surface area contributed by atoms with Crippen LogP contribution in [-0.4, -0.2) is 38.7 Å². The van der Waals surface area contributed by atoms with Crippen molar-refractivity contribution in [3.05, 3.63) is 77.4 Å². The lowest BCUT2D eigenvalue weighted by Gasteiger charge is -2.17. The van der Waals surface area contributed by atoms with Gasteiger partial charge in [-0.1, -0.05) is 29.3 Å². The minimum absolute atomic E-state index is 0.104. The van der Waals surface area contributed by atoms with Crippen LogP contribution < -0.4 is 0 Å². The standard InChI is InChI=1S/C21H22N4O/c1-15-9-16(2)11-19(10-15)18-7-8-24(12-18)21(26)17-3-5-20(6-4-17)25-13-22-23-14-25/h3-6,9-11,13-14,18H,7-8,12H2,1-2H3. The van der Waals surface area contributed by atoms with E-state index in [1.165, 1.54) is 16.7 Å². The fourth-order valence-electron chi connectivity index (χ4n) is 3.76. The number of amides is 1. The summed E-state index contributed by atoms with van der Waals surface area (Å²) in [7, 11) is 0. The van der Waals surface area contributed by atoms with Crippen LogP contribution in [0.2, 0.25) is 0 Å². The highest BCUT2D eigenvalue weighted by atomic mass is 16.2. The number of rotatable bonds is 3. The van der Waals surface area contributed by atoms with Crippen LogP contribution in [0.3, 0.4) is 0 Å². The van der Waals surface area contributed by atoms with Gasteiger partial charge in [-0.25, -0.2) is 0 Å². The molecule has 1 amide bonds. The quantitative estimate of drug-likeness (QED) is 0.729. The van der Waals surface area contributed by atoms with Crippen molar-refractivity contribution in [1.82, 2.24) is 19.7 Å². The molecule has 26 heavy (non-hydrogen) atoms. The summed E-state index contributed by atoms with van der Waals surface area (Å²) in [5.41, 5.74) is 5.59. The van der Waals surface area contributed by atoms with E-state index in [1.807, 2.05) is 33.7 Å². The summed E-state index contributed by atoms with van der Waals surface area (Å²) in [6.45, 7) is 5.86. The number of hydrogen-bond donors (Lipinski definition) is 0. The van der Waals surface area contributed by atoms with Crippen molar-refractivity contribution < 1.29 is 4.79 Å². The van der Waals surface area contributed by atoms with Gasteiger partial charge in [-0.2, -0.15) is 0 Å². The van der Waals surface area contributed by atoms with Gasteiger partial charge in [0.2, 0.25) is 0 Å². The van der Waals surface area contributed by atoms with Gasteiger partial charge in [-0.05, 0) is 50.1 Å². The first-order valence-corrected chi connectivity index (χ1v) is 8.93. The summed E-state index contributed by atoms with van der Waals surface area (Å²) in [5, 5.41) is 7.61.